The molecule has 0 aromatic heterocycles. The molecule has 11 heteroatoms. The van der Waals surface area contributed by atoms with Gasteiger partial charge < -0.3 is 39.0 Å². The third-order valence-corrected chi connectivity index (χ3v) is 9.23. The van der Waals surface area contributed by atoms with E-state index in [-0.39, 0.29) is 31.3 Å². The van der Waals surface area contributed by atoms with E-state index < -0.39 is 53.8 Å². The molecule has 11 nitrogen and oxygen atoms in total. The molecule has 4 bridgehead atoms. The molecular weight excluding hydrogens is 556 g/mol. The number of benzene rings is 1. The molecule has 1 aromatic carbocycles. The van der Waals surface area contributed by atoms with Gasteiger partial charge >= 0.3 is 12.1 Å². The lowest BCUT2D eigenvalue weighted by Crippen LogP contribution is -2.76. The number of nitrogens with zero attached hydrogens (tertiary/aromatic N) is 2. The van der Waals surface area contributed by atoms with Gasteiger partial charge in [0.05, 0.1) is 51.5 Å². The first-order chi connectivity index (χ1) is 20.5. The summed E-state index contributed by atoms with van der Waals surface area (Å²) in [7, 11) is 1.62. The molecule has 240 valence electrons. The minimum Gasteiger partial charge on any atom is -0.497 e. The maximum Gasteiger partial charge on any atom is 0.410 e. The van der Waals surface area contributed by atoms with E-state index >= 15 is 0 Å². The van der Waals surface area contributed by atoms with E-state index in [1.165, 1.54) is 0 Å². The first kappa shape index (κ1) is 33.0. The quantitative estimate of drug-likeness (QED) is 0.257. The highest BCUT2D eigenvalue weighted by Gasteiger charge is 2.74. The topological polar surface area (TPSA) is 135 Å². The monoisotopic (exact) mass is 604 g/mol. The molecular formula is C32H48N2O9. The molecule has 3 aliphatic rings. The van der Waals surface area contributed by atoms with E-state index in [2.05, 4.69) is 0 Å². The van der Waals surface area contributed by atoms with Crippen molar-refractivity contribution >= 4 is 18.0 Å². The highest BCUT2D eigenvalue weighted by atomic mass is 16.6. The molecule has 2 amide bonds. The van der Waals surface area contributed by atoms with E-state index in [1.807, 2.05) is 24.3 Å². The number of esters is 1. The minimum atomic E-state index is -1.20. The lowest BCUT2D eigenvalue weighted by Gasteiger charge is -2.62. The van der Waals surface area contributed by atoms with Gasteiger partial charge in [-0.2, -0.15) is 0 Å². The maximum absolute atomic E-state index is 14.1. The van der Waals surface area contributed by atoms with Gasteiger partial charge in [-0.05, 0) is 77.0 Å². The molecule has 43 heavy (non-hydrogen) atoms. The number of aliphatic hydroxyl groups excluding tert-OH is 2. The summed E-state index contributed by atoms with van der Waals surface area (Å²) in [6.45, 7) is 7.92. The normalized spacial score (nSPS) is 25.9. The van der Waals surface area contributed by atoms with Crippen molar-refractivity contribution in [1.82, 2.24) is 9.80 Å². The maximum atomic E-state index is 14.1. The van der Waals surface area contributed by atoms with E-state index in [9.17, 15) is 24.6 Å². The molecule has 2 N–H and O–H groups in total. The number of hydrogen-bond donors (Lipinski definition) is 2. The molecule has 3 fully saturated rings. The fraction of sp³-hybridized carbons (Fsp3) is 0.719. The van der Waals surface area contributed by atoms with Crippen LogP contribution >= 0.6 is 0 Å². The summed E-state index contributed by atoms with van der Waals surface area (Å²) >= 11 is 0. The molecule has 1 aliphatic carbocycles. The number of rotatable bonds is 13. The molecule has 2 saturated heterocycles. The molecule has 0 radical (unpaired) electrons. The van der Waals surface area contributed by atoms with E-state index in [0.29, 0.717) is 45.6 Å². The van der Waals surface area contributed by atoms with Crippen LogP contribution in [0.2, 0.25) is 0 Å². The summed E-state index contributed by atoms with van der Waals surface area (Å²) in [4.78, 5) is 44.2. The smallest absolute Gasteiger partial charge is 0.410 e. The fourth-order valence-corrected chi connectivity index (χ4v) is 7.58. The zero-order chi connectivity index (χ0) is 31.4. The van der Waals surface area contributed by atoms with Gasteiger partial charge in [0.1, 0.15) is 11.4 Å². The van der Waals surface area contributed by atoms with Gasteiger partial charge in [-0.15, -0.1) is 0 Å². The Balaban J connectivity index is 1.59. The van der Waals surface area contributed by atoms with Gasteiger partial charge in [0, 0.05) is 31.0 Å². The lowest BCUT2D eigenvalue weighted by atomic mass is 9.52. The Kier molecular flexibility index (Phi) is 10.3. The second-order valence-electron chi connectivity index (χ2n) is 13.0. The first-order valence-electron chi connectivity index (χ1n) is 15.4. The SMILES string of the molecule is CCOC(=O)C[C@]12[C@@H]3CCN(C(=O)OC(C)(C)C)[C@H]1C(CO)(CO)C[C@H]3C(=O)N2CCCCOCc1ccc(OC)cc1. The van der Waals surface area contributed by atoms with Crippen molar-refractivity contribution < 1.29 is 43.5 Å². The molecule has 2 heterocycles. The molecule has 0 spiro atoms. The Hall–Kier alpha value is -2.89. The summed E-state index contributed by atoms with van der Waals surface area (Å²) < 4.78 is 22.2. The van der Waals surface area contributed by atoms with E-state index in [1.54, 1.807) is 44.6 Å². The summed E-state index contributed by atoms with van der Waals surface area (Å²) in [6.07, 6.45) is 1.29. The van der Waals surface area contributed by atoms with Crippen LogP contribution < -0.4 is 4.74 Å². The standard InChI is InChI=1S/C32H48N2O9/c1-6-42-26(37)18-32-25-13-15-33(29(39)43-30(2,3)4)28(32)31(20-35,21-36)17-24(25)27(38)34(32)14-7-8-16-41-19-22-9-11-23(40-5)12-10-22/h9-12,24-25,28,35-36H,6-8,13-21H2,1-5H3/t24-,25-,28+,32+/m1/s1. The van der Waals surface area contributed by atoms with Crippen LogP contribution in [0.4, 0.5) is 4.79 Å². The molecule has 0 unspecified atom stereocenters. The number of likely N-dealkylation sites (tertiary alicyclic amines) is 2. The molecule has 1 aromatic rings. The third kappa shape index (κ3) is 6.49. The predicted octanol–water partition coefficient (Wildman–Crippen LogP) is 3.14. The van der Waals surface area contributed by atoms with Crippen molar-refractivity contribution in [2.75, 3.05) is 46.6 Å². The van der Waals surface area contributed by atoms with Crippen molar-refractivity contribution in [3.05, 3.63) is 29.8 Å². The Morgan fingerprint density at radius 1 is 1.09 bits per heavy atom. The predicted molar refractivity (Wildman–Crippen MR) is 157 cm³/mol. The average Bonchev–Trinajstić information content (AvgIpc) is 3.12. The zero-order valence-electron chi connectivity index (χ0n) is 26.2. The highest BCUT2D eigenvalue weighted by Crippen LogP contribution is 2.62. The average molecular weight is 605 g/mol. The van der Waals surface area contributed by atoms with Gasteiger partial charge in [0.15, 0.2) is 0 Å². The van der Waals surface area contributed by atoms with E-state index in [0.717, 1.165) is 11.3 Å². The van der Waals surface area contributed by atoms with Crippen LogP contribution in [-0.4, -0.2) is 102 Å². The van der Waals surface area contributed by atoms with Crippen molar-refractivity contribution in [3.8, 4) is 5.75 Å². The Bertz CT molecular complexity index is 1130. The van der Waals surface area contributed by atoms with Gasteiger partial charge in [-0.1, -0.05) is 12.1 Å². The Morgan fingerprint density at radius 3 is 2.40 bits per heavy atom. The minimum absolute atomic E-state index is 0.103. The van der Waals surface area contributed by atoms with Gasteiger partial charge in [0.2, 0.25) is 5.91 Å². The molecule has 4 rings (SSSR count). The van der Waals surface area contributed by atoms with Crippen LogP contribution in [0.5, 0.6) is 5.75 Å². The largest absolute Gasteiger partial charge is 0.497 e. The number of piperidine rings is 1. The first-order valence-corrected chi connectivity index (χ1v) is 15.4. The van der Waals surface area contributed by atoms with Crippen LogP contribution in [0.1, 0.15) is 65.4 Å². The molecule has 4 atom stereocenters. The number of unbranched alkanes of at least 4 members (excludes halogenated alkanes) is 1. The third-order valence-electron chi connectivity index (χ3n) is 9.23. The van der Waals surface area contributed by atoms with Gasteiger partial charge in [-0.25, -0.2) is 4.79 Å². The number of amides is 2. The van der Waals surface area contributed by atoms with Crippen LogP contribution in [0.25, 0.3) is 0 Å². The fourth-order valence-electron chi connectivity index (χ4n) is 7.58. The van der Waals surface area contributed by atoms with Crippen molar-refractivity contribution in [3.63, 3.8) is 0 Å². The number of hydrogen-bond acceptors (Lipinski definition) is 9. The van der Waals surface area contributed by atoms with Crippen LogP contribution in [0, 0.1) is 17.3 Å². The summed E-state index contributed by atoms with van der Waals surface area (Å²) in [5.74, 6) is -0.505. The van der Waals surface area contributed by atoms with Crippen LogP contribution in [-0.2, 0) is 30.4 Å². The molecule has 1 saturated carbocycles. The van der Waals surface area contributed by atoms with Crippen molar-refractivity contribution in [2.24, 2.45) is 17.3 Å². The number of methoxy groups -OCH3 is 1. The summed E-state index contributed by atoms with van der Waals surface area (Å²) in [6, 6.07) is 6.83. The highest BCUT2D eigenvalue weighted by molar-refractivity contribution is 5.87. The van der Waals surface area contributed by atoms with Gasteiger partial charge in [-0.3, -0.25) is 9.59 Å². The second-order valence-corrected chi connectivity index (χ2v) is 13.0. The Morgan fingerprint density at radius 2 is 1.79 bits per heavy atom. The summed E-state index contributed by atoms with van der Waals surface area (Å²) in [5.41, 5.74) is -2.09. The number of aliphatic hydroxyl groups is 2. The van der Waals surface area contributed by atoms with Crippen molar-refractivity contribution in [2.45, 2.75) is 83.6 Å². The van der Waals surface area contributed by atoms with Gasteiger partial charge in [0.25, 0.3) is 0 Å². The number of ether oxygens (including phenoxy) is 4. The van der Waals surface area contributed by atoms with Crippen LogP contribution in [0.3, 0.4) is 0 Å². The van der Waals surface area contributed by atoms with Crippen LogP contribution in [0.15, 0.2) is 24.3 Å². The lowest BCUT2D eigenvalue weighted by molar-refractivity contribution is -0.173. The summed E-state index contributed by atoms with van der Waals surface area (Å²) in [5, 5.41) is 21.5. The molecule has 2 aliphatic heterocycles. The number of carbonyl (C=O) groups excluding carboxylic acids is 3. The number of carbonyl (C=O) groups is 3. The van der Waals surface area contributed by atoms with Crippen molar-refractivity contribution in [1.29, 1.82) is 0 Å². The zero-order valence-corrected chi connectivity index (χ0v) is 26.2. The Labute approximate surface area is 254 Å². The van der Waals surface area contributed by atoms with E-state index in [4.69, 9.17) is 18.9 Å². The second kappa shape index (κ2) is 13.4.